The molecule has 1 fully saturated rings. The number of amides is 1. The molecule has 0 radical (unpaired) electrons. The van der Waals surface area contributed by atoms with E-state index in [0.29, 0.717) is 18.3 Å². The highest BCUT2D eigenvalue weighted by Gasteiger charge is 2.27. The highest BCUT2D eigenvalue weighted by atomic mass is 35.5. The van der Waals surface area contributed by atoms with Crippen molar-refractivity contribution in [3.8, 4) is 0 Å². The molecule has 1 aliphatic carbocycles. The third kappa shape index (κ3) is 3.47. The van der Waals surface area contributed by atoms with Gasteiger partial charge in [-0.15, -0.1) is 0 Å². The maximum absolute atomic E-state index is 12.4. The molecule has 1 aromatic carbocycles. The van der Waals surface area contributed by atoms with Crippen LogP contribution in [0.5, 0.6) is 0 Å². The molecule has 120 valence electrons. The van der Waals surface area contributed by atoms with E-state index < -0.39 is 0 Å². The number of carbonyl (C=O) groups is 1. The van der Waals surface area contributed by atoms with E-state index in [0.717, 1.165) is 31.0 Å². The van der Waals surface area contributed by atoms with Crippen LogP contribution in [-0.2, 0) is 11.2 Å². The van der Waals surface area contributed by atoms with Gasteiger partial charge in [0.05, 0.1) is 6.04 Å². The first-order valence-corrected chi connectivity index (χ1v) is 8.80. The summed E-state index contributed by atoms with van der Waals surface area (Å²) in [4.78, 5) is 12.4. The van der Waals surface area contributed by atoms with Gasteiger partial charge in [0.15, 0.2) is 0 Å². The van der Waals surface area contributed by atoms with Crippen LogP contribution in [-0.4, -0.2) is 19.0 Å². The molecule has 0 saturated carbocycles. The molecule has 0 bridgehead atoms. The van der Waals surface area contributed by atoms with Gasteiger partial charge in [0, 0.05) is 11.4 Å². The van der Waals surface area contributed by atoms with Crippen molar-refractivity contribution in [1.82, 2.24) is 10.6 Å². The Kier molecular flexibility index (Phi) is 5.04. The van der Waals surface area contributed by atoms with Crippen molar-refractivity contribution in [3.63, 3.8) is 0 Å². The van der Waals surface area contributed by atoms with E-state index in [1.54, 1.807) is 0 Å². The van der Waals surface area contributed by atoms with Gasteiger partial charge in [0.25, 0.3) is 0 Å². The molecule has 1 aromatic rings. The van der Waals surface area contributed by atoms with E-state index >= 15 is 0 Å². The van der Waals surface area contributed by atoms with Crippen molar-refractivity contribution in [1.29, 1.82) is 0 Å². The minimum Gasteiger partial charge on any atom is -0.349 e. The number of benzene rings is 1. The summed E-state index contributed by atoms with van der Waals surface area (Å²) in [5, 5.41) is 7.48. The van der Waals surface area contributed by atoms with E-state index in [9.17, 15) is 4.79 Å². The number of nitrogens with one attached hydrogen (secondary N) is 2. The predicted octanol–water partition coefficient (Wildman–Crippen LogP) is 3.47. The molecule has 0 spiro atoms. The summed E-state index contributed by atoms with van der Waals surface area (Å²) in [5.74, 6) is 1.24. The lowest BCUT2D eigenvalue weighted by molar-refractivity contribution is -0.123. The molecule has 3 atom stereocenters. The molecule has 22 heavy (non-hydrogen) atoms. The highest BCUT2D eigenvalue weighted by molar-refractivity contribution is 6.31. The number of halogens is 1. The van der Waals surface area contributed by atoms with Gasteiger partial charge >= 0.3 is 0 Å². The first kappa shape index (κ1) is 15.8. The topological polar surface area (TPSA) is 41.1 Å². The third-order valence-corrected chi connectivity index (χ3v) is 5.55. The van der Waals surface area contributed by atoms with Crippen LogP contribution in [0.2, 0.25) is 5.02 Å². The van der Waals surface area contributed by atoms with Crippen molar-refractivity contribution in [2.75, 3.05) is 13.1 Å². The van der Waals surface area contributed by atoms with Gasteiger partial charge in [0.1, 0.15) is 0 Å². The van der Waals surface area contributed by atoms with Crippen molar-refractivity contribution < 1.29 is 4.79 Å². The van der Waals surface area contributed by atoms with E-state index in [1.807, 2.05) is 12.1 Å². The molecule has 3 unspecified atom stereocenters. The molecule has 1 saturated heterocycles. The summed E-state index contributed by atoms with van der Waals surface area (Å²) in [6.45, 7) is 4.38. The highest BCUT2D eigenvalue weighted by Crippen LogP contribution is 2.35. The van der Waals surface area contributed by atoms with E-state index in [1.165, 1.54) is 24.0 Å². The standard InChI is InChI=1S/C18H25ClN2O/c1-12(13-4-3-9-20-11-13)10-18(22)21-17-8-7-14-15(17)5-2-6-16(14)19/h2,5-6,12-13,17,20H,3-4,7-11H2,1H3,(H,21,22). The van der Waals surface area contributed by atoms with Crippen molar-refractivity contribution >= 4 is 17.5 Å². The molecule has 3 nitrogen and oxygen atoms in total. The van der Waals surface area contributed by atoms with E-state index in [4.69, 9.17) is 11.6 Å². The van der Waals surface area contributed by atoms with Crippen molar-refractivity contribution in [2.45, 2.75) is 45.1 Å². The molecule has 1 amide bonds. The number of piperidine rings is 1. The Morgan fingerprint density at radius 3 is 3.09 bits per heavy atom. The van der Waals surface area contributed by atoms with Crippen LogP contribution in [0.15, 0.2) is 18.2 Å². The zero-order chi connectivity index (χ0) is 15.5. The second-order valence-electron chi connectivity index (χ2n) is 6.75. The van der Waals surface area contributed by atoms with Crippen LogP contribution in [0.25, 0.3) is 0 Å². The van der Waals surface area contributed by atoms with Gasteiger partial charge in [-0.05, 0) is 67.8 Å². The summed E-state index contributed by atoms with van der Waals surface area (Å²) < 4.78 is 0. The number of fused-ring (bicyclic) bond motifs is 1. The zero-order valence-electron chi connectivity index (χ0n) is 13.2. The molecule has 3 rings (SSSR count). The summed E-state index contributed by atoms with van der Waals surface area (Å²) in [5.41, 5.74) is 2.41. The van der Waals surface area contributed by atoms with E-state index in [2.05, 4.69) is 23.6 Å². The Labute approximate surface area is 137 Å². The predicted molar refractivity (Wildman–Crippen MR) is 90.0 cm³/mol. The summed E-state index contributed by atoms with van der Waals surface area (Å²) in [7, 11) is 0. The second kappa shape index (κ2) is 7.01. The average molecular weight is 321 g/mol. The Morgan fingerprint density at radius 1 is 1.45 bits per heavy atom. The Bertz CT molecular complexity index is 540. The second-order valence-corrected chi connectivity index (χ2v) is 7.16. The van der Waals surface area contributed by atoms with Crippen LogP contribution >= 0.6 is 11.6 Å². The number of hydrogen-bond donors (Lipinski definition) is 2. The van der Waals surface area contributed by atoms with Gasteiger partial charge in [-0.1, -0.05) is 30.7 Å². The van der Waals surface area contributed by atoms with Crippen LogP contribution in [0.1, 0.15) is 49.8 Å². The van der Waals surface area contributed by atoms with Gasteiger partial charge < -0.3 is 10.6 Å². The number of hydrogen-bond acceptors (Lipinski definition) is 2. The Morgan fingerprint density at radius 2 is 2.32 bits per heavy atom. The fraction of sp³-hybridized carbons (Fsp3) is 0.611. The van der Waals surface area contributed by atoms with Gasteiger partial charge in [0.2, 0.25) is 5.91 Å². The maximum atomic E-state index is 12.4. The van der Waals surface area contributed by atoms with Gasteiger partial charge in [-0.3, -0.25) is 4.79 Å². The smallest absolute Gasteiger partial charge is 0.220 e. The van der Waals surface area contributed by atoms with Gasteiger partial charge in [-0.2, -0.15) is 0 Å². The van der Waals surface area contributed by atoms with Crippen LogP contribution in [0.3, 0.4) is 0 Å². The minimum atomic E-state index is 0.137. The van der Waals surface area contributed by atoms with Crippen LogP contribution in [0, 0.1) is 11.8 Å². The molecular formula is C18H25ClN2O. The average Bonchev–Trinajstić information content (AvgIpc) is 2.92. The molecular weight excluding hydrogens is 296 g/mol. The summed E-state index contributed by atoms with van der Waals surface area (Å²) in [6, 6.07) is 6.14. The first-order valence-electron chi connectivity index (χ1n) is 8.42. The third-order valence-electron chi connectivity index (χ3n) is 5.20. The van der Waals surface area contributed by atoms with Crippen LogP contribution < -0.4 is 10.6 Å². The lowest BCUT2D eigenvalue weighted by Gasteiger charge is -2.28. The molecule has 4 heteroatoms. The monoisotopic (exact) mass is 320 g/mol. The van der Waals surface area contributed by atoms with Gasteiger partial charge in [-0.25, -0.2) is 0 Å². The maximum Gasteiger partial charge on any atom is 0.220 e. The normalized spacial score (nSPS) is 25.5. The molecule has 2 N–H and O–H groups in total. The first-order chi connectivity index (χ1) is 10.6. The molecule has 2 aliphatic rings. The number of carbonyl (C=O) groups excluding carboxylic acids is 1. The molecule has 0 aromatic heterocycles. The lowest BCUT2D eigenvalue weighted by Crippen LogP contribution is -2.36. The summed E-state index contributed by atoms with van der Waals surface area (Å²) >= 11 is 6.24. The number of rotatable bonds is 4. The Hall–Kier alpha value is -1.06. The fourth-order valence-corrected chi connectivity index (χ4v) is 4.11. The van der Waals surface area contributed by atoms with Crippen molar-refractivity contribution in [2.24, 2.45) is 11.8 Å². The molecule has 1 heterocycles. The SMILES string of the molecule is CC(CC(=O)NC1CCc2c(Cl)cccc21)C1CCCNC1. The zero-order valence-corrected chi connectivity index (χ0v) is 14.0. The van der Waals surface area contributed by atoms with E-state index in [-0.39, 0.29) is 11.9 Å². The minimum absolute atomic E-state index is 0.137. The molecule has 1 aliphatic heterocycles. The summed E-state index contributed by atoms with van der Waals surface area (Å²) in [6.07, 6.45) is 5.01. The largest absolute Gasteiger partial charge is 0.349 e. The van der Waals surface area contributed by atoms with Crippen LogP contribution in [0.4, 0.5) is 0 Å². The lowest BCUT2D eigenvalue weighted by atomic mass is 9.85. The van der Waals surface area contributed by atoms with Crippen molar-refractivity contribution in [3.05, 3.63) is 34.3 Å². The fourth-order valence-electron chi connectivity index (χ4n) is 3.84. The Balaban J connectivity index is 1.56. The quantitative estimate of drug-likeness (QED) is 0.892.